The average Bonchev–Trinajstić information content (AvgIpc) is 3.10. The van der Waals surface area contributed by atoms with E-state index in [2.05, 4.69) is 74.5 Å². The van der Waals surface area contributed by atoms with Gasteiger partial charge < -0.3 is 9.30 Å². The molecule has 0 saturated carbocycles. The van der Waals surface area contributed by atoms with Crippen molar-refractivity contribution in [3.05, 3.63) is 116 Å². The normalized spacial score (nSPS) is 11.3. The van der Waals surface area contributed by atoms with Crippen molar-refractivity contribution in [2.24, 2.45) is 0 Å². The third-order valence-electron chi connectivity index (χ3n) is 5.44. The van der Waals surface area contributed by atoms with Crippen LogP contribution in [0.1, 0.15) is 28.1 Å². The summed E-state index contributed by atoms with van der Waals surface area (Å²) < 4.78 is 10.1. The molecule has 0 amide bonds. The Morgan fingerprint density at radius 2 is 1.67 bits per heavy atom. The molecule has 0 aliphatic carbocycles. The number of rotatable bonds is 6. The summed E-state index contributed by atoms with van der Waals surface area (Å²) in [6, 6.07) is 28.5. The van der Waals surface area contributed by atoms with Crippen LogP contribution in [0.4, 0.5) is 0 Å². The van der Waals surface area contributed by atoms with Gasteiger partial charge in [0.2, 0.25) is 0 Å². The molecule has 33 heavy (non-hydrogen) atoms. The number of aryl methyl sites for hydroxylation is 1. The first kappa shape index (κ1) is 23.1. The maximum atomic E-state index is 9.74. The van der Waals surface area contributed by atoms with Gasteiger partial charge in [-0.2, -0.15) is 5.26 Å². The van der Waals surface area contributed by atoms with Crippen molar-refractivity contribution in [2.45, 2.75) is 20.5 Å². The topological polar surface area (TPSA) is 38.0 Å². The third kappa shape index (κ3) is 5.47. The fourth-order valence-electron chi connectivity index (χ4n) is 3.76. The predicted molar refractivity (Wildman–Crippen MR) is 141 cm³/mol. The van der Waals surface area contributed by atoms with Crippen molar-refractivity contribution < 1.29 is 4.74 Å². The smallest absolute Gasteiger partial charge is 0.119 e. The van der Waals surface area contributed by atoms with E-state index < -0.39 is 0 Å². The van der Waals surface area contributed by atoms with Gasteiger partial charge >= 0.3 is 0 Å². The molecule has 1 heterocycles. The van der Waals surface area contributed by atoms with E-state index in [1.165, 1.54) is 0 Å². The van der Waals surface area contributed by atoms with Crippen molar-refractivity contribution in [3.8, 4) is 17.5 Å². The highest BCUT2D eigenvalue weighted by molar-refractivity contribution is 9.10. The zero-order valence-corrected chi connectivity index (χ0v) is 21.5. The maximum absolute atomic E-state index is 9.74. The zero-order chi connectivity index (χ0) is 23.4. The van der Waals surface area contributed by atoms with E-state index in [4.69, 9.17) is 4.74 Å². The summed E-state index contributed by atoms with van der Waals surface area (Å²) in [6.45, 7) is 4.68. The summed E-state index contributed by atoms with van der Waals surface area (Å²) >= 11 is 6.94. The first-order chi connectivity index (χ1) is 15.9. The van der Waals surface area contributed by atoms with Crippen LogP contribution in [0.2, 0.25) is 0 Å². The van der Waals surface area contributed by atoms with Gasteiger partial charge in [-0.25, -0.2) is 0 Å². The van der Waals surface area contributed by atoms with Crippen LogP contribution in [0.3, 0.4) is 0 Å². The van der Waals surface area contributed by atoms with E-state index >= 15 is 0 Å². The molecular weight excluding hydrogens is 540 g/mol. The van der Waals surface area contributed by atoms with Crippen molar-refractivity contribution in [1.29, 1.82) is 5.26 Å². The average molecular weight is 562 g/mol. The number of aromatic nitrogens is 1. The maximum Gasteiger partial charge on any atom is 0.119 e. The molecule has 5 heteroatoms. The van der Waals surface area contributed by atoms with Crippen LogP contribution < -0.4 is 4.74 Å². The van der Waals surface area contributed by atoms with Crippen LogP contribution >= 0.6 is 31.9 Å². The Bertz CT molecular complexity index is 1340. The summed E-state index contributed by atoms with van der Waals surface area (Å²) in [5, 5.41) is 9.74. The molecule has 0 unspecified atom stereocenters. The molecule has 0 saturated heterocycles. The summed E-state index contributed by atoms with van der Waals surface area (Å²) in [6.07, 6.45) is 1.95. The Labute approximate surface area is 211 Å². The minimum atomic E-state index is 0.523. The van der Waals surface area contributed by atoms with Gasteiger partial charge in [0, 0.05) is 26.0 Å². The summed E-state index contributed by atoms with van der Waals surface area (Å²) in [7, 11) is 0. The molecule has 0 bridgehead atoms. The first-order valence-electron chi connectivity index (χ1n) is 10.5. The number of ether oxygens (including phenoxy) is 1. The molecule has 0 fully saturated rings. The van der Waals surface area contributed by atoms with Crippen LogP contribution in [-0.4, -0.2) is 4.57 Å². The van der Waals surface area contributed by atoms with Crippen LogP contribution in [0.15, 0.2) is 87.8 Å². The van der Waals surface area contributed by atoms with E-state index in [0.717, 1.165) is 48.5 Å². The third-order valence-corrected chi connectivity index (χ3v) is 6.46. The summed E-state index contributed by atoms with van der Waals surface area (Å²) in [5.74, 6) is 0.825. The Hall–Kier alpha value is -3.07. The zero-order valence-electron chi connectivity index (χ0n) is 18.3. The Morgan fingerprint density at radius 3 is 2.33 bits per heavy atom. The Kier molecular flexibility index (Phi) is 7.17. The van der Waals surface area contributed by atoms with Crippen LogP contribution in [0.5, 0.6) is 5.75 Å². The number of benzene rings is 3. The number of nitrogens with zero attached hydrogens (tertiary/aromatic N) is 2. The SMILES string of the molecule is Cc1cc(/C=C(/C#N)c2cccc(Br)c2)c(C)n1-c1ccc(OCc2ccc(Br)cc2)cc1. The minimum absolute atomic E-state index is 0.523. The Balaban J connectivity index is 1.56. The summed E-state index contributed by atoms with van der Waals surface area (Å²) in [4.78, 5) is 0. The van der Waals surface area contributed by atoms with Gasteiger partial charge in [0.1, 0.15) is 12.4 Å². The Morgan fingerprint density at radius 1 is 0.939 bits per heavy atom. The predicted octanol–water partition coefficient (Wildman–Crippen LogP) is 8.26. The first-order valence-corrected chi connectivity index (χ1v) is 12.1. The van der Waals surface area contributed by atoms with Crippen molar-refractivity contribution in [1.82, 2.24) is 4.57 Å². The van der Waals surface area contributed by atoms with E-state index in [1.54, 1.807) is 0 Å². The van der Waals surface area contributed by atoms with Gasteiger partial charge in [0.25, 0.3) is 0 Å². The van der Waals surface area contributed by atoms with E-state index in [0.29, 0.717) is 12.2 Å². The fourth-order valence-corrected chi connectivity index (χ4v) is 4.43. The molecule has 0 aliphatic heterocycles. The van der Waals surface area contributed by atoms with Crippen molar-refractivity contribution in [3.63, 3.8) is 0 Å². The number of halogens is 2. The van der Waals surface area contributed by atoms with Gasteiger partial charge in [0.15, 0.2) is 0 Å². The van der Waals surface area contributed by atoms with Crippen LogP contribution in [0.25, 0.3) is 17.3 Å². The molecule has 164 valence electrons. The monoisotopic (exact) mass is 560 g/mol. The van der Waals surface area contributed by atoms with E-state index in [1.807, 2.05) is 66.7 Å². The molecule has 3 nitrogen and oxygen atoms in total. The molecule has 0 N–H and O–H groups in total. The second kappa shape index (κ2) is 10.2. The van der Waals surface area contributed by atoms with E-state index in [-0.39, 0.29) is 0 Å². The quantitative estimate of drug-likeness (QED) is 0.222. The highest BCUT2D eigenvalue weighted by Gasteiger charge is 2.11. The van der Waals surface area contributed by atoms with Gasteiger partial charge in [-0.3, -0.25) is 0 Å². The second-order valence-electron chi connectivity index (χ2n) is 7.75. The van der Waals surface area contributed by atoms with E-state index in [9.17, 15) is 5.26 Å². The lowest BCUT2D eigenvalue weighted by Gasteiger charge is -2.12. The van der Waals surface area contributed by atoms with Gasteiger partial charge in [-0.05, 0) is 91.2 Å². The van der Waals surface area contributed by atoms with Crippen molar-refractivity contribution in [2.75, 3.05) is 0 Å². The number of hydrogen-bond donors (Lipinski definition) is 0. The fraction of sp³-hybridized carbons (Fsp3) is 0.107. The highest BCUT2D eigenvalue weighted by atomic mass is 79.9. The number of nitriles is 1. The standard InChI is InChI=1S/C28H22Br2N2O/c1-19-14-23(15-24(17-31)22-4-3-5-26(30)16-22)20(2)32(19)27-10-12-28(13-11-27)33-18-21-6-8-25(29)9-7-21/h3-16H,18H2,1-2H3/b24-15-. The van der Waals surface area contributed by atoms with Gasteiger partial charge in [0.05, 0.1) is 11.6 Å². The molecular formula is C28H22Br2N2O. The minimum Gasteiger partial charge on any atom is -0.489 e. The number of hydrogen-bond acceptors (Lipinski definition) is 2. The molecule has 4 aromatic rings. The highest BCUT2D eigenvalue weighted by Crippen LogP contribution is 2.27. The largest absolute Gasteiger partial charge is 0.489 e. The summed E-state index contributed by atoms with van der Waals surface area (Å²) in [5.41, 5.74) is 6.92. The molecule has 0 atom stereocenters. The molecule has 1 aromatic heterocycles. The lowest BCUT2D eigenvalue weighted by Crippen LogP contribution is -2.00. The molecule has 3 aromatic carbocycles. The molecule has 0 spiro atoms. The van der Waals surface area contributed by atoms with Crippen molar-refractivity contribution >= 4 is 43.5 Å². The van der Waals surface area contributed by atoms with Gasteiger partial charge in [-0.15, -0.1) is 0 Å². The second-order valence-corrected chi connectivity index (χ2v) is 9.58. The molecule has 0 radical (unpaired) electrons. The van der Waals surface area contributed by atoms with Crippen LogP contribution in [0, 0.1) is 25.2 Å². The lowest BCUT2D eigenvalue weighted by atomic mass is 10.0. The number of allylic oxidation sites excluding steroid dienone is 1. The molecule has 4 rings (SSSR count). The molecule has 0 aliphatic rings. The van der Waals surface area contributed by atoms with Crippen LogP contribution in [-0.2, 0) is 6.61 Å². The lowest BCUT2D eigenvalue weighted by molar-refractivity contribution is 0.306. The van der Waals surface area contributed by atoms with Gasteiger partial charge in [-0.1, -0.05) is 56.1 Å².